The summed E-state index contributed by atoms with van der Waals surface area (Å²) in [6, 6.07) is 0. The van der Waals surface area contributed by atoms with Gasteiger partial charge in [0.15, 0.2) is 0 Å². The summed E-state index contributed by atoms with van der Waals surface area (Å²) >= 11 is 0. The molecule has 0 spiro atoms. The van der Waals surface area contributed by atoms with Crippen molar-refractivity contribution in [2.45, 2.75) is 71.9 Å². The Labute approximate surface area is 162 Å². The first kappa shape index (κ1) is 26.9. The number of unbranched alkanes of at least 4 members (excludes halogenated alkanes) is 1. The Morgan fingerprint density at radius 3 is 2.00 bits per heavy atom. The summed E-state index contributed by atoms with van der Waals surface area (Å²) in [6.07, 6.45) is 10.2. The zero-order valence-electron chi connectivity index (χ0n) is 15.1. The Kier molecular flexibility index (Phi) is 27.0. The molecule has 0 aromatic rings. The number of ether oxygens (including phenoxy) is 1. The molecule has 1 aliphatic carbocycles. The molecule has 0 unspecified atom stereocenters. The topological polar surface area (TPSA) is 37.4 Å². The standard InChI is InChI=1S/C10H20O.C6H14N2.CH3.La/c1-11-9-5-4-8-10-6-2-3-7-10;1-4-7-6(3)8-5-2;;/h10H,2-9H2,1H3;6H,4-5H2,1-3H3;1H3;/q;-2;-1;+3. The number of methoxy groups -OCH3 is 1. The summed E-state index contributed by atoms with van der Waals surface area (Å²) in [4.78, 5) is 0. The van der Waals surface area contributed by atoms with Crippen LogP contribution in [0.5, 0.6) is 0 Å². The van der Waals surface area contributed by atoms with Crippen LogP contribution in [0.3, 0.4) is 0 Å². The molecule has 0 aliphatic heterocycles. The minimum atomic E-state index is 0. The molecular weight excluding hydrogens is 387 g/mol. The Balaban J connectivity index is -0.000000295. The van der Waals surface area contributed by atoms with Gasteiger partial charge in [-0.3, -0.25) is 0 Å². The molecule has 1 saturated carbocycles. The minimum Gasteiger partial charge on any atom is -0.678 e. The molecule has 21 heavy (non-hydrogen) atoms. The number of rotatable bonds is 9. The molecule has 0 atom stereocenters. The van der Waals surface area contributed by atoms with E-state index in [1.807, 2.05) is 20.8 Å². The fraction of sp³-hybridized carbons (Fsp3) is 0.941. The second kappa shape index (κ2) is 21.1. The fourth-order valence-corrected chi connectivity index (χ4v) is 2.56. The molecule has 0 radical (unpaired) electrons. The minimum absolute atomic E-state index is 0. The second-order valence-electron chi connectivity index (χ2n) is 5.27. The average molecular weight is 424 g/mol. The van der Waals surface area contributed by atoms with Gasteiger partial charge in [-0.05, 0) is 12.3 Å². The molecule has 0 bridgehead atoms. The third-order valence-corrected chi connectivity index (χ3v) is 3.58. The molecule has 0 saturated heterocycles. The molecule has 3 nitrogen and oxygen atoms in total. The number of hydrogen-bond acceptors (Lipinski definition) is 1. The van der Waals surface area contributed by atoms with Gasteiger partial charge in [-0.1, -0.05) is 52.4 Å². The van der Waals surface area contributed by atoms with Crippen LogP contribution < -0.4 is 0 Å². The predicted molar refractivity (Wildman–Crippen MR) is 91.4 cm³/mol. The van der Waals surface area contributed by atoms with Crippen LogP contribution in [0.4, 0.5) is 0 Å². The summed E-state index contributed by atoms with van der Waals surface area (Å²) in [5.74, 6) is 1.06. The number of hydrogen-bond donors (Lipinski definition) is 0. The third-order valence-electron chi connectivity index (χ3n) is 3.58. The molecule has 4 heteroatoms. The first-order chi connectivity index (χ1) is 9.24. The van der Waals surface area contributed by atoms with Crippen LogP contribution in [-0.4, -0.2) is 33.0 Å². The van der Waals surface area contributed by atoms with Crippen molar-refractivity contribution in [3.63, 3.8) is 0 Å². The van der Waals surface area contributed by atoms with Gasteiger partial charge in [-0.25, -0.2) is 6.17 Å². The molecule has 0 N–H and O–H groups in total. The van der Waals surface area contributed by atoms with Crippen molar-refractivity contribution in [1.29, 1.82) is 0 Å². The van der Waals surface area contributed by atoms with E-state index in [9.17, 15) is 0 Å². The van der Waals surface area contributed by atoms with E-state index in [4.69, 9.17) is 4.74 Å². The van der Waals surface area contributed by atoms with E-state index in [1.165, 1.54) is 44.9 Å². The van der Waals surface area contributed by atoms with E-state index in [0.29, 0.717) is 0 Å². The summed E-state index contributed by atoms with van der Waals surface area (Å²) in [6.45, 7) is 8.78. The summed E-state index contributed by atoms with van der Waals surface area (Å²) in [5, 5.41) is 8.30. The van der Waals surface area contributed by atoms with Crippen molar-refractivity contribution in [3.8, 4) is 0 Å². The zero-order chi connectivity index (χ0) is 14.3. The van der Waals surface area contributed by atoms with E-state index >= 15 is 0 Å². The molecule has 0 heterocycles. The molecule has 124 valence electrons. The van der Waals surface area contributed by atoms with Crippen LogP contribution >= 0.6 is 0 Å². The van der Waals surface area contributed by atoms with Gasteiger partial charge in [-0.15, -0.1) is 6.92 Å². The van der Waals surface area contributed by atoms with Gasteiger partial charge in [0, 0.05) is 13.7 Å². The van der Waals surface area contributed by atoms with Crippen molar-refractivity contribution < 1.29 is 40.3 Å². The van der Waals surface area contributed by atoms with Gasteiger partial charge in [0.05, 0.1) is 0 Å². The molecule has 0 aromatic carbocycles. The van der Waals surface area contributed by atoms with Crippen molar-refractivity contribution in [3.05, 3.63) is 18.1 Å². The van der Waals surface area contributed by atoms with Crippen LogP contribution in [0.2, 0.25) is 0 Å². The van der Waals surface area contributed by atoms with E-state index in [1.54, 1.807) is 7.11 Å². The summed E-state index contributed by atoms with van der Waals surface area (Å²) in [5.41, 5.74) is 0. The normalized spacial score (nSPS) is 14.1. The maximum atomic E-state index is 5.01. The van der Waals surface area contributed by atoms with Crippen molar-refractivity contribution in [2.24, 2.45) is 5.92 Å². The van der Waals surface area contributed by atoms with Gasteiger partial charge in [0.25, 0.3) is 0 Å². The van der Waals surface area contributed by atoms with Crippen LogP contribution in [0, 0.1) is 48.9 Å². The predicted octanol–water partition coefficient (Wildman–Crippen LogP) is 5.56. The van der Waals surface area contributed by atoms with Gasteiger partial charge < -0.3 is 22.8 Å². The fourth-order valence-electron chi connectivity index (χ4n) is 2.56. The Hall–Kier alpha value is 1.07. The first-order valence-electron chi connectivity index (χ1n) is 8.06. The van der Waals surface area contributed by atoms with Gasteiger partial charge in [-0.2, -0.15) is 13.1 Å². The Bertz CT molecular complexity index is 170. The average Bonchev–Trinajstić information content (AvgIpc) is 2.89. The Morgan fingerprint density at radius 1 is 1.05 bits per heavy atom. The molecule has 1 aliphatic rings. The van der Waals surface area contributed by atoms with Crippen molar-refractivity contribution in [1.82, 2.24) is 0 Å². The van der Waals surface area contributed by atoms with Crippen LogP contribution in [0.15, 0.2) is 0 Å². The third kappa shape index (κ3) is 19.0. The Morgan fingerprint density at radius 2 is 1.57 bits per heavy atom. The van der Waals surface area contributed by atoms with Gasteiger partial charge in [0.2, 0.25) is 0 Å². The zero-order valence-corrected chi connectivity index (χ0v) is 18.7. The van der Waals surface area contributed by atoms with Crippen LogP contribution in [0.25, 0.3) is 10.6 Å². The summed E-state index contributed by atoms with van der Waals surface area (Å²) in [7, 11) is 1.79. The SMILES string of the molecule is CC[N-]C(C)[N-]CC.COCCCCC1CCCC1.[CH3-].[La+3]. The van der Waals surface area contributed by atoms with E-state index < -0.39 is 0 Å². The van der Waals surface area contributed by atoms with Crippen LogP contribution in [-0.2, 0) is 4.74 Å². The molecular formula is C17H37LaN2O. The van der Waals surface area contributed by atoms with Crippen molar-refractivity contribution >= 4 is 0 Å². The summed E-state index contributed by atoms with van der Waals surface area (Å²) < 4.78 is 5.01. The smallest absolute Gasteiger partial charge is 0.678 e. The molecule has 0 aromatic heterocycles. The second-order valence-corrected chi connectivity index (χ2v) is 5.27. The molecule has 1 rings (SSSR count). The monoisotopic (exact) mass is 424 g/mol. The van der Waals surface area contributed by atoms with E-state index in [-0.39, 0.29) is 49.2 Å². The molecule has 1 fully saturated rings. The maximum Gasteiger partial charge on any atom is 3.00 e. The maximum absolute atomic E-state index is 5.01. The largest absolute Gasteiger partial charge is 3.00 e. The van der Waals surface area contributed by atoms with Crippen molar-refractivity contribution in [2.75, 3.05) is 26.8 Å². The van der Waals surface area contributed by atoms with Gasteiger partial charge >= 0.3 is 35.6 Å². The number of nitrogens with zero attached hydrogens (tertiary/aromatic N) is 2. The molecule has 0 amide bonds. The first-order valence-corrected chi connectivity index (χ1v) is 8.06. The quantitative estimate of drug-likeness (QED) is 0.353. The van der Waals surface area contributed by atoms with E-state index in [0.717, 1.165) is 25.6 Å². The van der Waals surface area contributed by atoms with Crippen LogP contribution in [0.1, 0.15) is 65.7 Å². The van der Waals surface area contributed by atoms with E-state index in [2.05, 4.69) is 10.6 Å². The van der Waals surface area contributed by atoms with Gasteiger partial charge in [0.1, 0.15) is 0 Å².